The van der Waals surface area contributed by atoms with Crippen LogP contribution in [-0.4, -0.2) is 40.6 Å². The van der Waals surface area contributed by atoms with Gasteiger partial charge in [0.1, 0.15) is 0 Å². The number of hydrogen-bond acceptors (Lipinski definition) is 6. The fraction of sp³-hybridized carbons (Fsp3) is 0.350. The molecule has 1 saturated heterocycles. The highest BCUT2D eigenvalue weighted by Gasteiger charge is 2.35. The van der Waals surface area contributed by atoms with Crippen molar-refractivity contribution in [1.82, 2.24) is 15.0 Å². The summed E-state index contributed by atoms with van der Waals surface area (Å²) >= 11 is 0. The number of furan rings is 1. The van der Waals surface area contributed by atoms with E-state index in [0.29, 0.717) is 50.0 Å². The van der Waals surface area contributed by atoms with Crippen molar-refractivity contribution in [3.8, 4) is 11.6 Å². The van der Waals surface area contributed by atoms with Gasteiger partial charge in [0.15, 0.2) is 5.76 Å². The molecule has 2 aromatic heterocycles. The molecule has 1 aliphatic rings. The lowest BCUT2D eigenvalue weighted by molar-refractivity contribution is -0.130. The summed E-state index contributed by atoms with van der Waals surface area (Å²) in [6.45, 7) is 1.96. The van der Waals surface area contributed by atoms with E-state index in [2.05, 4.69) is 22.3 Å². The lowest BCUT2D eigenvalue weighted by atomic mass is 9.89. The van der Waals surface area contributed by atoms with Gasteiger partial charge in [0.05, 0.1) is 6.26 Å². The second kappa shape index (κ2) is 9.03. The van der Waals surface area contributed by atoms with Crippen molar-refractivity contribution >= 4 is 18.3 Å². The Bertz CT molecular complexity index is 882. The molecule has 0 unspecified atom stereocenters. The average Bonchev–Trinajstić information content (AvgIpc) is 3.46. The Hall–Kier alpha value is -2.64. The van der Waals surface area contributed by atoms with Crippen molar-refractivity contribution in [3.63, 3.8) is 0 Å². The molecular weight excluding hydrogens is 380 g/mol. The molecule has 8 heteroatoms. The van der Waals surface area contributed by atoms with Gasteiger partial charge in [-0.15, -0.1) is 12.4 Å². The van der Waals surface area contributed by atoms with Crippen LogP contribution < -0.4 is 5.73 Å². The van der Waals surface area contributed by atoms with Crippen LogP contribution in [0.1, 0.15) is 23.8 Å². The van der Waals surface area contributed by atoms with Gasteiger partial charge in [-0.2, -0.15) is 4.98 Å². The Morgan fingerprint density at radius 2 is 2.00 bits per heavy atom. The second-order valence-electron chi connectivity index (χ2n) is 6.80. The lowest BCUT2D eigenvalue weighted by Crippen LogP contribution is -2.30. The van der Waals surface area contributed by atoms with Gasteiger partial charge in [-0.1, -0.05) is 35.5 Å². The average molecular weight is 403 g/mol. The summed E-state index contributed by atoms with van der Waals surface area (Å²) in [6, 6.07) is 13.8. The van der Waals surface area contributed by atoms with Crippen molar-refractivity contribution in [1.29, 1.82) is 0 Å². The summed E-state index contributed by atoms with van der Waals surface area (Å²) < 4.78 is 10.5. The van der Waals surface area contributed by atoms with Crippen molar-refractivity contribution in [2.24, 2.45) is 11.7 Å². The number of carbonyl (C=O) groups excluding carboxylic acids is 1. The SMILES string of the molecule is Cl.NC[C@@H]1CN(C(=O)CCc2nc(-c3ccco3)no2)C[C@H]1c1ccccc1. The molecule has 0 spiro atoms. The Morgan fingerprint density at radius 3 is 2.71 bits per heavy atom. The van der Waals surface area contributed by atoms with Gasteiger partial charge < -0.3 is 19.6 Å². The fourth-order valence-electron chi connectivity index (χ4n) is 3.63. The zero-order valence-corrected chi connectivity index (χ0v) is 16.2. The number of likely N-dealkylation sites (tertiary alicyclic amines) is 1. The first kappa shape index (κ1) is 20.1. The van der Waals surface area contributed by atoms with Gasteiger partial charge in [-0.05, 0) is 30.2 Å². The molecular formula is C20H23ClN4O3. The maximum Gasteiger partial charge on any atom is 0.238 e. The van der Waals surface area contributed by atoms with Gasteiger partial charge in [0.2, 0.25) is 17.6 Å². The van der Waals surface area contributed by atoms with Gasteiger partial charge in [0.25, 0.3) is 0 Å². The third-order valence-corrected chi connectivity index (χ3v) is 5.09. The minimum absolute atomic E-state index is 0. The fourth-order valence-corrected chi connectivity index (χ4v) is 3.63. The van der Waals surface area contributed by atoms with Gasteiger partial charge in [-0.3, -0.25) is 4.79 Å². The zero-order valence-electron chi connectivity index (χ0n) is 15.4. The van der Waals surface area contributed by atoms with E-state index in [1.807, 2.05) is 23.1 Å². The van der Waals surface area contributed by atoms with Crippen molar-refractivity contribution in [2.45, 2.75) is 18.8 Å². The van der Waals surface area contributed by atoms with Crippen LogP contribution in [0, 0.1) is 5.92 Å². The van der Waals surface area contributed by atoms with Crippen molar-refractivity contribution in [3.05, 3.63) is 60.2 Å². The van der Waals surface area contributed by atoms with E-state index in [1.54, 1.807) is 18.4 Å². The number of halogens is 1. The van der Waals surface area contributed by atoms with Crippen LogP contribution in [0.3, 0.4) is 0 Å². The van der Waals surface area contributed by atoms with E-state index in [9.17, 15) is 4.79 Å². The number of benzene rings is 1. The molecule has 0 radical (unpaired) electrons. The molecule has 28 heavy (non-hydrogen) atoms. The predicted molar refractivity (Wildman–Crippen MR) is 106 cm³/mol. The molecule has 3 heterocycles. The monoisotopic (exact) mass is 402 g/mol. The summed E-state index contributed by atoms with van der Waals surface area (Å²) in [4.78, 5) is 18.9. The highest BCUT2D eigenvalue weighted by Crippen LogP contribution is 2.32. The summed E-state index contributed by atoms with van der Waals surface area (Å²) in [5.41, 5.74) is 7.20. The third-order valence-electron chi connectivity index (χ3n) is 5.09. The maximum absolute atomic E-state index is 12.7. The molecule has 2 N–H and O–H groups in total. The molecule has 1 aromatic carbocycles. The first-order valence-electron chi connectivity index (χ1n) is 9.14. The van der Waals surface area contributed by atoms with Crippen molar-refractivity contribution < 1.29 is 13.7 Å². The molecule has 148 valence electrons. The van der Waals surface area contributed by atoms with Crippen LogP contribution in [0.4, 0.5) is 0 Å². The first-order valence-corrected chi connectivity index (χ1v) is 9.14. The number of carbonyl (C=O) groups is 1. The van der Waals surface area contributed by atoms with Crippen molar-refractivity contribution in [2.75, 3.05) is 19.6 Å². The van der Waals surface area contributed by atoms with Crippen LogP contribution in [0.15, 0.2) is 57.7 Å². The van der Waals surface area contributed by atoms with E-state index in [4.69, 9.17) is 14.7 Å². The molecule has 1 aliphatic heterocycles. The smallest absolute Gasteiger partial charge is 0.238 e. The molecule has 0 aliphatic carbocycles. The molecule has 2 atom stereocenters. The summed E-state index contributed by atoms with van der Waals surface area (Å²) in [7, 11) is 0. The van der Waals surface area contributed by atoms with E-state index < -0.39 is 0 Å². The van der Waals surface area contributed by atoms with E-state index in [-0.39, 0.29) is 30.2 Å². The number of aryl methyl sites for hydroxylation is 1. The third kappa shape index (κ3) is 4.26. The Kier molecular flexibility index (Phi) is 6.49. The molecule has 3 aromatic rings. The number of amides is 1. The topological polar surface area (TPSA) is 98.4 Å². The minimum Gasteiger partial charge on any atom is -0.461 e. The lowest BCUT2D eigenvalue weighted by Gasteiger charge is -2.16. The molecule has 1 fully saturated rings. The van der Waals surface area contributed by atoms with Gasteiger partial charge in [0, 0.05) is 31.8 Å². The summed E-state index contributed by atoms with van der Waals surface area (Å²) in [6.07, 6.45) is 2.30. The predicted octanol–water partition coefficient (Wildman–Crippen LogP) is 2.88. The minimum atomic E-state index is 0. The molecule has 0 saturated carbocycles. The van der Waals surface area contributed by atoms with E-state index >= 15 is 0 Å². The number of nitrogens with zero attached hydrogens (tertiary/aromatic N) is 3. The summed E-state index contributed by atoms with van der Waals surface area (Å²) in [5.74, 6) is 2.04. The number of aromatic nitrogens is 2. The Balaban J connectivity index is 0.00000225. The van der Waals surface area contributed by atoms with Gasteiger partial charge >= 0.3 is 0 Å². The molecule has 7 nitrogen and oxygen atoms in total. The molecule has 1 amide bonds. The standard InChI is InChI=1S/C20H22N4O3.ClH/c21-11-15-12-24(13-16(15)14-5-2-1-3-6-14)19(25)9-8-18-22-20(23-27-18)17-7-4-10-26-17;/h1-7,10,15-16H,8-9,11-13,21H2;1H/t15-,16+;/m1./s1. The number of hydrogen-bond donors (Lipinski definition) is 1. The van der Waals surface area contributed by atoms with Crippen LogP contribution in [-0.2, 0) is 11.2 Å². The Morgan fingerprint density at radius 1 is 1.18 bits per heavy atom. The second-order valence-corrected chi connectivity index (χ2v) is 6.80. The molecule has 0 bridgehead atoms. The highest BCUT2D eigenvalue weighted by atomic mass is 35.5. The van der Waals surface area contributed by atoms with E-state index in [1.165, 1.54) is 5.56 Å². The molecule has 4 rings (SSSR count). The Labute approximate surface area is 169 Å². The maximum atomic E-state index is 12.7. The quantitative estimate of drug-likeness (QED) is 0.680. The van der Waals surface area contributed by atoms with E-state index in [0.717, 1.165) is 0 Å². The summed E-state index contributed by atoms with van der Waals surface area (Å²) in [5, 5.41) is 3.89. The first-order chi connectivity index (χ1) is 13.2. The largest absolute Gasteiger partial charge is 0.461 e. The van der Waals surface area contributed by atoms with Crippen LogP contribution in [0.25, 0.3) is 11.6 Å². The normalized spacial score (nSPS) is 18.8. The highest BCUT2D eigenvalue weighted by molar-refractivity contribution is 5.85. The van der Waals surface area contributed by atoms with Crippen LogP contribution in [0.2, 0.25) is 0 Å². The number of rotatable bonds is 6. The zero-order chi connectivity index (χ0) is 18.6. The van der Waals surface area contributed by atoms with Crippen LogP contribution >= 0.6 is 12.4 Å². The number of nitrogens with two attached hydrogens (primary N) is 1. The van der Waals surface area contributed by atoms with Crippen LogP contribution in [0.5, 0.6) is 0 Å². The van der Waals surface area contributed by atoms with Gasteiger partial charge in [-0.25, -0.2) is 0 Å².